The fraction of sp³-hybridized carbons (Fsp3) is 0.333. The lowest BCUT2D eigenvalue weighted by atomic mass is 10.0. The van der Waals surface area contributed by atoms with Crippen molar-refractivity contribution < 1.29 is 14.0 Å². The molecule has 5 rings (SSSR count). The quantitative estimate of drug-likeness (QED) is 0.761. The van der Waals surface area contributed by atoms with Gasteiger partial charge < -0.3 is 19.2 Å². The van der Waals surface area contributed by atoms with Crippen molar-refractivity contribution in [3.05, 3.63) is 59.7 Å². The van der Waals surface area contributed by atoms with Gasteiger partial charge in [0.1, 0.15) is 6.04 Å². The molecular formula is C21H21N3O3. The lowest BCUT2D eigenvalue weighted by Gasteiger charge is -2.32. The monoisotopic (exact) mass is 363 g/mol. The number of amides is 2. The lowest BCUT2D eigenvalue weighted by Crippen LogP contribution is -2.49. The minimum Gasteiger partial charge on any atom is -0.459 e. The molecule has 4 heterocycles. The van der Waals surface area contributed by atoms with Crippen molar-refractivity contribution in [1.82, 2.24) is 14.8 Å². The summed E-state index contributed by atoms with van der Waals surface area (Å²) in [4.78, 5) is 33.0. The van der Waals surface area contributed by atoms with Crippen molar-refractivity contribution >= 4 is 22.7 Å². The van der Waals surface area contributed by atoms with E-state index < -0.39 is 6.04 Å². The van der Waals surface area contributed by atoms with Gasteiger partial charge in [0.15, 0.2) is 5.76 Å². The first-order valence-corrected chi connectivity index (χ1v) is 9.44. The molecule has 6 nitrogen and oxygen atoms in total. The molecular weight excluding hydrogens is 342 g/mol. The minimum absolute atomic E-state index is 0.0448. The number of H-pyrrole nitrogens is 1. The molecule has 27 heavy (non-hydrogen) atoms. The van der Waals surface area contributed by atoms with Gasteiger partial charge in [0, 0.05) is 48.2 Å². The Morgan fingerprint density at radius 3 is 2.85 bits per heavy atom. The topological polar surface area (TPSA) is 69.6 Å². The van der Waals surface area contributed by atoms with Crippen LogP contribution < -0.4 is 0 Å². The Morgan fingerprint density at radius 2 is 2.00 bits per heavy atom. The number of aromatic nitrogens is 1. The summed E-state index contributed by atoms with van der Waals surface area (Å²) in [6.45, 7) is 1.87. The Morgan fingerprint density at radius 1 is 1.11 bits per heavy atom. The number of carbonyl (C=O) groups excluding carboxylic acids is 2. The van der Waals surface area contributed by atoms with Crippen LogP contribution in [0, 0.1) is 0 Å². The van der Waals surface area contributed by atoms with E-state index in [-0.39, 0.29) is 11.8 Å². The van der Waals surface area contributed by atoms with Crippen molar-refractivity contribution in [2.45, 2.75) is 31.8 Å². The number of aromatic amines is 1. The van der Waals surface area contributed by atoms with Crippen molar-refractivity contribution in [2.75, 3.05) is 13.1 Å². The first-order chi connectivity index (χ1) is 13.2. The van der Waals surface area contributed by atoms with Crippen LogP contribution in [-0.4, -0.2) is 45.7 Å². The average Bonchev–Trinajstić information content (AvgIpc) is 3.45. The summed E-state index contributed by atoms with van der Waals surface area (Å²) >= 11 is 0. The fourth-order valence-corrected chi connectivity index (χ4v) is 4.37. The van der Waals surface area contributed by atoms with Gasteiger partial charge in [-0.15, -0.1) is 0 Å². The first-order valence-electron chi connectivity index (χ1n) is 9.44. The molecule has 1 N–H and O–H groups in total. The number of hydrogen-bond donors (Lipinski definition) is 1. The van der Waals surface area contributed by atoms with Crippen LogP contribution in [0.1, 0.15) is 34.7 Å². The molecule has 3 aromatic rings. The van der Waals surface area contributed by atoms with E-state index in [1.54, 1.807) is 17.0 Å². The number of carbonyl (C=O) groups is 2. The number of furan rings is 1. The van der Waals surface area contributed by atoms with Gasteiger partial charge in [-0.3, -0.25) is 9.59 Å². The van der Waals surface area contributed by atoms with E-state index in [0.29, 0.717) is 31.8 Å². The predicted octanol–water partition coefficient (Wildman–Crippen LogP) is 2.95. The third-order valence-corrected chi connectivity index (χ3v) is 5.73. The Kier molecular flexibility index (Phi) is 3.77. The molecule has 2 amide bonds. The molecule has 6 heteroatoms. The molecule has 138 valence electrons. The summed E-state index contributed by atoms with van der Waals surface area (Å²) in [5.74, 6) is 0.149. The van der Waals surface area contributed by atoms with E-state index in [1.165, 1.54) is 22.9 Å². The fourth-order valence-electron chi connectivity index (χ4n) is 4.37. The zero-order valence-electron chi connectivity index (χ0n) is 15.0. The number of benzene rings is 1. The third kappa shape index (κ3) is 2.63. The second-order valence-electron chi connectivity index (χ2n) is 7.27. The van der Waals surface area contributed by atoms with Gasteiger partial charge in [0.2, 0.25) is 5.91 Å². The summed E-state index contributed by atoms with van der Waals surface area (Å²) in [7, 11) is 0. The van der Waals surface area contributed by atoms with Crippen LogP contribution in [0.25, 0.3) is 10.9 Å². The predicted molar refractivity (Wildman–Crippen MR) is 100 cm³/mol. The molecule has 0 radical (unpaired) electrons. The molecule has 1 unspecified atom stereocenters. The zero-order valence-corrected chi connectivity index (χ0v) is 15.0. The van der Waals surface area contributed by atoms with Crippen molar-refractivity contribution in [2.24, 2.45) is 0 Å². The smallest absolute Gasteiger partial charge is 0.290 e. The summed E-state index contributed by atoms with van der Waals surface area (Å²) in [6, 6.07) is 11.2. The number of likely N-dealkylation sites (tertiary alicyclic amines) is 1. The van der Waals surface area contributed by atoms with Crippen molar-refractivity contribution in [3.63, 3.8) is 0 Å². The highest BCUT2D eigenvalue weighted by Gasteiger charge is 2.38. The molecule has 2 aliphatic heterocycles. The Bertz CT molecular complexity index is 1010. The number of fused-ring (bicyclic) bond motifs is 3. The molecule has 2 aromatic heterocycles. The maximum absolute atomic E-state index is 13.2. The number of hydrogen-bond acceptors (Lipinski definition) is 3. The molecule has 0 bridgehead atoms. The molecule has 1 atom stereocenters. The normalized spacial score (nSPS) is 19.5. The van der Waals surface area contributed by atoms with Gasteiger partial charge in [-0.25, -0.2) is 0 Å². The maximum Gasteiger partial charge on any atom is 0.290 e. The van der Waals surface area contributed by atoms with Gasteiger partial charge in [0.25, 0.3) is 5.91 Å². The van der Waals surface area contributed by atoms with Crippen LogP contribution >= 0.6 is 0 Å². The Balaban J connectivity index is 1.39. The van der Waals surface area contributed by atoms with Gasteiger partial charge >= 0.3 is 0 Å². The molecule has 2 aliphatic rings. The molecule has 0 saturated carbocycles. The van der Waals surface area contributed by atoms with E-state index in [2.05, 4.69) is 17.1 Å². The van der Waals surface area contributed by atoms with Gasteiger partial charge in [-0.2, -0.15) is 0 Å². The van der Waals surface area contributed by atoms with Gasteiger partial charge in [0.05, 0.1) is 6.26 Å². The minimum atomic E-state index is -0.394. The summed E-state index contributed by atoms with van der Waals surface area (Å²) < 4.78 is 5.25. The van der Waals surface area contributed by atoms with Crippen LogP contribution in [0.3, 0.4) is 0 Å². The molecule has 1 saturated heterocycles. The standard InChI is InChI=1S/C21H21N3O3/c25-20(18-7-3-10-24(18)21(26)19-8-4-12-27-19)23-11-9-17-15(13-23)14-5-1-2-6-16(14)22-17/h1-2,4-6,8,12,18,22H,3,7,9-11,13H2. The molecule has 0 aliphatic carbocycles. The van der Waals surface area contributed by atoms with E-state index in [4.69, 9.17) is 4.42 Å². The lowest BCUT2D eigenvalue weighted by molar-refractivity contribution is -0.136. The second-order valence-corrected chi connectivity index (χ2v) is 7.27. The number of nitrogens with zero attached hydrogens (tertiary/aromatic N) is 2. The summed E-state index contributed by atoms with van der Waals surface area (Å²) in [5.41, 5.74) is 3.54. The van der Waals surface area contributed by atoms with E-state index in [1.807, 2.05) is 17.0 Å². The number of para-hydroxylation sites is 1. The zero-order chi connectivity index (χ0) is 18.4. The van der Waals surface area contributed by atoms with Crippen molar-refractivity contribution in [1.29, 1.82) is 0 Å². The number of rotatable bonds is 2. The van der Waals surface area contributed by atoms with Crippen LogP contribution in [0.4, 0.5) is 0 Å². The highest BCUT2D eigenvalue weighted by Crippen LogP contribution is 2.29. The van der Waals surface area contributed by atoms with Crippen molar-refractivity contribution in [3.8, 4) is 0 Å². The maximum atomic E-state index is 13.2. The average molecular weight is 363 g/mol. The Hall–Kier alpha value is -3.02. The SMILES string of the molecule is O=C(C1CCCN1C(=O)c1ccco1)N1CCc2[nH]c3ccccc3c2C1. The van der Waals surface area contributed by atoms with E-state index >= 15 is 0 Å². The molecule has 1 aromatic carbocycles. The van der Waals surface area contributed by atoms with E-state index in [9.17, 15) is 9.59 Å². The third-order valence-electron chi connectivity index (χ3n) is 5.73. The van der Waals surface area contributed by atoms with Crippen LogP contribution in [0.2, 0.25) is 0 Å². The highest BCUT2D eigenvalue weighted by atomic mass is 16.3. The van der Waals surface area contributed by atoms with Crippen LogP contribution in [0.15, 0.2) is 47.1 Å². The second kappa shape index (κ2) is 6.30. The van der Waals surface area contributed by atoms with Crippen LogP contribution in [-0.2, 0) is 17.8 Å². The summed E-state index contributed by atoms with van der Waals surface area (Å²) in [6.07, 6.45) is 3.86. The van der Waals surface area contributed by atoms with Gasteiger partial charge in [-0.1, -0.05) is 18.2 Å². The summed E-state index contributed by atoms with van der Waals surface area (Å²) in [5, 5.41) is 1.18. The number of nitrogens with one attached hydrogen (secondary N) is 1. The molecule has 1 fully saturated rings. The van der Waals surface area contributed by atoms with Gasteiger partial charge in [-0.05, 0) is 31.0 Å². The first kappa shape index (κ1) is 16.2. The highest BCUT2D eigenvalue weighted by molar-refractivity contribution is 5.96. The molecule has 0 spiro atoms. The Labute approximate surface area is 156 Å². The van der Waals surface area contributed by atoms with E-state index in [0.717, 1.165) is 18.4 Å². The van der Waals surface area contributed by atoms with Crippen LogP contribution in [0.5, 0.6) is 0 Å². The largest absolute Gasteiger partial charge is 0.459 e.